The molecule has 3 rings (SSSR count). The zero-order valence-corrected chi connectivity index (χ0v) is 14.0. The molecule has 0 radical (unpaired) electrons. The lowest BCUT2D eigenvalue weighted by Gasteiger charge is -2.23. The number of hydrogen-bond donors (Lipinski definition) is 1. The van der Waals surface area contributed by atoms with Gasteiger partial charge in [-0.3, -0.25) is 10.2 Å². The van der Waals surface area contributed by atoms with E-state index in [0.717, 1.165) is 22.5 Å². The number of aldehydes is 1. The molecular weight excluding hydrogens is 327 g/mol. The van der Waals surface area contributed by atoms with Gasteiger partial charge in [-0.05, 0) is 17.2 Å². The number of halogens is 1. The summed E-state index contributed by atoms with van der Waals surface area (Å²) in [4.78, 5) is 10.8. The highest BCUT2D eigenvalue weighted by Gasteiger charge is 2.40. The van der Waals surface area contributed by atoms with Crippen molar-refractivity contribution in [2.24, 2.45) is 5.10 Å². The largest absolute Gasteiger partial charge is 0.496 e. The molecule has 124 valence electrons. The molecule has 24 heavy (non-hydrogen) atoms. The third-order valence-electron chi connectivity index (χ3n) is 3.80. The van der Waals surface area contributed by atoms with Crippen LogP contribution in [-0.4, -0.2) is 18.4 Å². The maximum absolute atomic E-state index is 12.8. The van der Waals surface area contributed by atoms with E-state index in [1.165, 1.54) is 11.8 Å². The van der Waals surface area contributed by atoms with Crippen LogP contribution in [0.15, 0.2) is 53.6 Å². The predicted octanol–water partition coefficient (Wildman–Crippen LogP) is 3.41. The highest BCUT2D eigenvalue weighted by molar-refractivity contribution is 8.15. The molecule has 0 saturated carbocycles. The quantitative estimate of drug-likeness (QED) is 0.816. The molecule has 1 aliphatic heterocycles. The number of carbonyl (C=O) groups is 1. The van der Waals surface area contributed by atoms with E-state index in [0.29, 0.717) is 17.7 Å². The SMILES string of the molecule is COc1ccccc1C1(C=O)NN=C(Cc2cccc(CF)c2)S1. The van der Waals surface area contributed by atoms with Crippen LogP contribution in [0.1, 0.15) is 16.7 Å². The predicted molar refractivity (Wildman–Crippen MR) is 93.9 cm³/mol. The molecule has 0 aromatic heterocycles. The van der Waals surface area contributed by atoms with Crippen LogP contribution in [0.5, 0.6) is 5.75 Å². The Labute approximate surface area is 144 Å². The van der Waals surface area contributed by atoms with Crippen LogP contribution in [0.2, 0.25) is 0 Å². The maximum atomic E-state index is 12.8. The number of rotatable bonds is 6. The van der Waals surface area contributed by atoms with Crippen LogP contribution < -0.4 is 10.2 Å². The number of hydrazone groups is 1. The normalized spacial score (nSPS) is 19.5. The molecule has 0 fully saturated rings. The minimum atomic E-state index is -1.00. The van der Waals surface area contributed by atoms with E-state index >= 15 is 0 Å². The Morgan fingerprint density at radius 3 is 2.79 bits per heavy atom. The second-order valence-electron chi connectivity index (χ2n) is 5.40. The van der Waals surface area contributed by atoms with Gasteiger partial charge < -0.3 is 4.74 Å². The number of para-hydroxylation sites is 1. The van der Waals surface area contributed by atoms with E-state index in [9.17, 15) is 9.18 Å². The summed E-state index contributed by atoms with van der Waals surface area (Å²) >= 11 is 1.35. The lowest BCUT2D eigenvalue weighted by Crippen LogP contribution is -2.34. The topological polar surface area (TPSA) is 50.7 Å². The van der Waals surface area contributed by atoms with Crippen molar-refractivity contribution in [3.05, 3.63) is 65.2 Å². The number of thioether (sulfide) groups is 1. The van der Waals surface area contributed by atoms with Crippen molar-refractivity contribution >= 4 is 23.1 Å². The Bertz CT molecular complexity index is 781. The van der Waals surface area contributed by atoms with Gasteiger partial charge in [-0.25, -0.2) is 4.39 Å². The maximum Gasteiger partial charge on any atom is 0.189 e. The fourth-order valence-electron chi connectivity index (χ4n) is 2.63. The van der Waals surface area contributed by atoms with Crippen LogP contribution >= 0.6 is 11.8 Å². The Hall–Kier alpha value is -2.34. The molecule has 1 heterocycles. The number of ether oxygens (including phenoxy) is 1. The number of hydrogen-bond acceptors (Lipinski definition) is 5. The van der Waals surface area contributed by atoms with Gasteiger partial charge in [0.1, 0.15) is 17.5 Å². The van der Waals surface area contributed by atoms with E-state index in [1.807, 2.05) is 42.5 Å². The molecule has 6 heteroatoms. The van der Waals surface area contributed by atoms with Crippen molar-refractivity contribution in [3.63, 3.8) is 0 Å². The zero-order chi connectivity index (χ0) is 17.0. The fraction of sp³-hybridized carbons (Fsp3) is 0.222. The van der Waals surface area contributed by atoms with Crippen LogP contribution in [0.3, 0.4) is 0 Å². The molecule has 0 spiro atoms. The van der Waals surface area contributed by atoms with Crippen LogP contribution in [0.4, 0.5) is 4.39 Å². The lowest BCUT2D eigenvalue weighted by molar-refractivity contribution is -0.110. The summed E-state index contributed by atoms with van der Waals surface area (Å²) in [5, 5.41) is 5.08. The third kappa shape index (κ3) is 3.14. The number of benzene rings is 2. The summed E-state index contributed by atoms with van der Waals surface area (Å²) in [6, 6.07) is 14.7. The Morgan fingerprint density at radius 2 is 2.04 bits per heavy atom. The van der Waals surface area contributed by atoms with E-state index in [1.54, 1.807) is 13.2 Å². The van der Waals surface area contributed by atoms with Crippen molar-refractivity contribution in [2.75, 3.05) is 7.11 Å². The first-order chi connectivity index (χ1) is 11.7. The van der Waals surface area contributed by atoms with Crippen LogP contribution in [-0.2, 0) is 22.8 Å². The molecule has 0 aliphatic carbocycles. The van der Waals surface area contributed by atoms with Gasteiger partial charge in [0, 0.05) is 12.0 Å². The second-order valence-corrected chi connectivity index (χ2v) is 6.72. The molecule has 1 atom stereocenters. The average Bonchev–Trinajstić information content (AvgIpc) is 3.06. The lowest BCUT2D eigenvalue weighted by atomic mass is 10.1. The zero-order valence-electron chi connectivity index (χ0n) is 13.2. The summed E-state index contributed by atoms with van der Waals surface area (Å²) in [6.07, 6.45) is 1.38. The van der Waals surface area contributed by atoms with E-state index in [4.69, 9.17) is 4.74 Å². The van der Waals surface area contributed by atoms with Gasteiger partial charge in [0.25, 0.3) is 0 Å². The molecular formula is C18H17FN2O2S. The van der Waals surface area contributed by atoms with Crippen molar-refractivity contribution < 1.29 is 13.9 Å². The summed E-state index contributed by atoms with van der Waals surface area (Å²) in [5.41, 5.74) is 5.26. The highest BCUT2D eigenvalue weighted by atomic mass is 32.2. The first-order valence-electron chi connectivity index (χ1n) is 7.47. The van der Waals surface area contributed by atoms with E-state index < -0.39 is 11.5 Å². The summed E-state index contributed by atoms with van der Waals surface area (Å²) in [5.74, 6) is 0.625. The van der Waals surface area contributed by atoms with Crippen molar-refractivity contribution in [1.82, 2.24) is 5.43 Å². The number of carbonyl (C=O) groups excluding carboxylic acids is 1. The molecule has 1 aliphatic rings. The summed E-state index contributed by atoms with van der Waals surface area (Å²) in [6.45, 7) is -0.495. The Morgan fingerprint density at radius 1 is 1.25 bits per heavy atom. The Balaban J connectivity index is 1.82. The highest BCUT2D eigenvalue weighted by Crippen LogP contribution is 2.41. The first-order valence-corrected chi connectivity index (χ1v) is 8.29. The van der Waals surface area contributed by atoms with Crippen LogP contribution in [0.25, 0.3) is 0 Å². The van der Waals surface area contributed by atoms with Crippen molar-refractivity contribution in [3.8, 4) is 5.75 Å². The monoisotopic (exact) mass is 344 g/mol. The summed E-state index contributed by atoms with van der Waals surface area (Å²) in [7, 11) is 1.57. The molecule has 4 nitrogen and oxygen atoms in total. The van der Waals surface area contributed by atoms with Crippen LogP contribution in [0, 0.1) is 0 Å². The standard InChI is InChI=1S/C18H17FN2O2S/c1-23-16-8-3-2-7-15(16)18(12-22)21-20-17(24-18)10-13-5-4-6-14(9-13)11-19/h2-9,12,21H,10-11H2,1H3. The van der Waals surface area contributed by atoms with E-state index in [2.05, 4.69) is 10.5 Å². The molecule has 2 aromatic carbocycles. The summed E-state index contributed by atoms with van der Waals surface area (Å²) < 4.78 is 18.2. The van der Waals surface area contributed by atoms with Gasteiger partial charge in [0.05, 0.1) is 7.11 Å². The molecule has 0 saturated heterocycles. The number of nitrogens with zero attached hydrogens (tertiary/aromatic N) is 1. The number of alkyl halides is 1. The van der Waals surface area contributed by atoms with Crippen molar-refractivity contribution in [2.45, 2.75) is 18.0 Å². The average molecular weight is 344 g/mol. The third-order valence-corrected chi connectivity index (χ3v) is 5.00. The van der Waals surface area contributed by atoms with E-state index in [-0.39, 0.29) is 0 Å². The van der Waals surface area contributed by atoms with Crippen molar-refractivity contribution in [1.29, 1.82) is 0 Å². The van der Waals surface area contributed by atoms with Gasteiger partial charge in [0.2, 0.25) is 0 Å². The first kappa shape index (κ1) is 16.5. The second kappa shape index (κ2) is 7.05. The molecule has 2 aromatic rings. The molecule has 0 bridgehead atoms. The van der Waals surface area contributed by atoms with Gasteiger partial charge >= 0.3 is 0 Å². The molecule has 1 unspecified atom stereocenters. The smallest absolute Gasteiger partial charge is 0.189 e. The van der Waals surface area contributed by atoms with Gasteiger partial charge in [-0.15, -0.1) is 0 Å². The van der Waals surface area contributed by atoms with Gasteiger partial charge in [-0.2, -0.15) is 5.10 Å². The van der Waals surface area contributed by atoms with Gasteiger partial charge in [0.15, 0.2) is 11.2 Å². The molecule has 1 N–H and O–H groups in total. The minimum absolute atomic E-state index is 0.495. The number of nitrogens with one attached hydrogen (secondary N) is 1. The Kier molecular flexibility index (Phi) is 4.85. The fourth-order valence-corrected chi connectivity index (χ4v) is 3.75. The van der Waals surface area contributed by atoms with Gasteiger partial charge in [-0.1, -0.05) is 54.2 Å². The molecule has 0 amide bonds. The number of methoxy groups -OCH3 is 1. The minimum Gasteiger partial charge on any atom is -0.496 e.